The van der Waals surface area contributed by atoms with E-state index in [4.69, 9.17) is 4.74 Å². The number of aromatic nitrogens is 1. The van der Waals surface area contributed by atoms with Gasteiger partial charge in [-0.15, -0.1) is 0 Å². The van der Waals surface area contributed by atoms with Gasteiger partial charge in [-0.25, -0.2) is 0 Å². The van der Waals surface area contributed by atoms with Crippen LogP contribution in [0.1, 0.15) is 57.8 Å². The number of Topliss-reactive ketones (excluding diaryl/α,β-unsaturated/α-hetero) is 1. The number of hydrogen-bond acceptors (Lipinski definition) is 4. The molecule has 1 aromatic rings. The minimum Gasteiger partial charge on any atom is -0.492 e. The standard InChI is InChI=1S/C17H28N2O2/c1-6-17(7-2,19(8-3)9-4)16(20)14-11-15(21-10-5)13-18-12-14/h11-13H,6-10H2,1-5H3. The summed E-state index contributed by atoms with van der Waals surface area (Å²) in [6, 6.07) is 1.81. The first kappa shape index (κ1) is 17.6. The Hall–Kier alpha value is -1.42. The summed E-state index contributed by atoms with van der Waals surface area (Å²) in [4.78, 5) is 19.5. The van der Waals surface area contributed by atoms with Crippen molar-refractivity contribution in [3.05, 3.63) is 24.0 Å². The molecule has 0 atom stereocenters. The molecule has 0 saturated carbocycles. The maximum atomic E-state index is 13.1. The average molecular weight is 292 g/mol. The summed E-state index contributed by atoms with van der Waals surface area (Å²) in [5.74, 6) is 0.800. The number of pyridine rings is 1. The summed E-state index contributed by atoms with van der Waals surface area (Å²) >= 11 is 0. The first-order chi connectivity index (χ1) is 10.1. The van der Waals surface area contributed by atoms with Crippen molar-refractivity contribution in [1.82, 2.24) is 9.88 Å². The molecule has 4 nitrogen and oxygen atoms in total. The van der Waals surface area contributed by atoms with Crippen LogP contribution in [-0.2, 0) is 0 Å². The second-order valence-corrected chi connectivity index (χ2v) is 5.08. The zero-order valence-corrected chi connectivity index (χ0v) is 14.0. The molecule has 0 fully saturated rings. The van der Waals surface area contributed by atoms with Crippen LogP contribution in [0.15, 0.2) is 18.5 Å². The highest BCUT2D eigenvalue weighted by Crippen LogP contribution is 2.29. The van der Waals surface area contributed by atoms with E-state index >= 15 is 0 Å². The minimum atomic E-state index is -0.448. The highest BCUT2D eigenvalue weighted by atomic mass is 16.5. The van der Waals surface area contributed by atoms with Crippen molar-refractivity contribution in [3.8, 4) is 5.75 Å². The monoisotopic (exact) mass is 292 g/mol. The molecule has 4 heteroatoms. The van der Waals surface area contributed by atoms with Gasteiger partial charge < -0.3 is 4.74 Å². The number of nitrogens with zero attached hydrogens (tertiary/aromatic N) is 2. The molecule has 0 unspecified atom stereocenters. The molecule has 0 radical (unpaired) electrons. The summed E-state index contributed by atoms with van der Waals surface area (Å²) in [5.41, 5.74) is 0.187. The van der Waals surface area contributed by atoms with Crippen molar-refractivity contribution >= 4 is 5.78 Å². The molecular formula is C17H28N2O2. The van der Waals surface area contributed by atoms with Gasteiger partial charge in [-0.2, -0.15) is 0 Å². The summed E-state index contributed by atoms with van der Waals surface area (Å²) < 4.78 is 5.46. The molecule has 0 amide bonds. The Morgan fingerprint density at radius 2 is 1.76 bits per heavy atom. The lowest BCUT2D eigenvalue weighted by Gasteiger charge is -2.41. The van der Waals surface area contributed by atoms with Crippen LogP contribution in [0, 0.1) is 0 Å². The van der Waals surface area contributed by atoms with Gasteiger partial charge in [-0.05, 0) is 38.9 Å². The van der Waals surface area contributed by atoms with Gasteiger partial charge in [0, 0.05) is 11.8 Å². The molecule has 0 bridgehead atoms. The molecule has 118 valence electrons. The number of ketones is 1. The maximum Gasteiger partial charge on any atom is 0.184 e. The predicted molar refractivity (Wildman–Crippen MR) is 86.0 cm³/mol. The Kier molecular flexibility index (Phi) is 6.82. The Balaban J connectivity index is 3.19. The van der Waals surface area contributed by atoms with Gasteiger partial charge in [-0.1, -0.05) is 27.7 Å². The van der Waals surface area contributed by atoms with E-state index in [1.54, 1.807) is 12.4 Å². The van der Waals surface area contributed by atoms with E-state index < -0.39 is 5.54 Å². The van der Waals surface area contributed by atoms with E-state index in [0.29, 0.717) is 17.9 Å². The van der Waals surface area contributed by atoms with Crippen molar-refractivity contribution in [2.45, 2.75) is 53.0 Å². The van der Waals surface area contributed by atoms with Crippen LogP contribution < -0.4 is 4.74 Å². The normalized spacial score (nSPS) is 11.7. The molecule has 1 rings (SSSR count). The Labute approximate surface area is 128 Å². The Bertz CT molecular complexity index is 452. The van der Waals surface area contributed by atoms with Crippen molar-refractivity contribution in [3.63, 3.8) is 0 Å². The number of rotatable bonds is 9. The minimum absolute atomic E-state index is 0.144. The van der Waals surface area contributed by atoms with Gasteiger partial charge in [0.15, 0.2) is 5.78 Å². The van der Waals surface area contributed by atoms with Gasteiger partial charge >= 0.3 is 0 Å². The molecule has 0 spiro atoms. The second-order valence-electron chi connectivity index (χ2n) is 5.08. The smallest absolute Gasteiger partial charge is 0.184 e. The maximum absolute atomic E-state index is 13.1. The second kappa shape index (κ2) is 8.13. The zero-order valence-electron chi connectivity index (χ0n) is 14.0. The zero-order chi connectivity index (χ0) is 15.9. The van der Waals surface area contributed by atoms with Gasteiger partial charge in [0.2, 0.25) is 0 Å². The van der Waals surface area contributed by atoms with Gasteiger partial charge in [0.25, 0.3) is 0 Å². The largest absolute Gasteiger partial charge is 0.492 e. The highest BCUT2D eigenvalue weighted by molar-refractivity contribution is 6.03. The van der Waals surface area contributed by atoms with E-state index in [9.17, 15) is 4.79 Å². The van der Waals surface area contributed by atoms with Crippen LogP contribution in [0.3, 0.4) is 0 Å². The molecule has 0 aliphatic rings. The fourth-order valence-corrected chi connectivity index (χ4v) is 3.05. The molecule has 21 heavy (non-hydrogen) atoms. The van der Waals surface area contributed by atoms with Crippen LogP contribution in [0.2, 0.25) is 0 Å². The van der Waals surface area contributed by atoms with Crippen molar-refractivity contribution < 1.29 is 9.53 Å². The van der Waals surface area contributed by atoms with Crippen LogP contribution in [0.4, 0.5) is 0 Å². The Morgan fingerprint density at radius 1 is 1.14 bits per heavy atom. The topological polar surface area (TPSA) is 42.4 Å². The third kappa shape index (κ3) is 3.62. The van der Waals surface area contributed by atoms with Crippen molar-refractivity contribution in [1.29, 1.82) is 0 Å². The first-order valence-corrected chi connectivity index (χ1v) is 7.97. The number of carbonyl (C=O) groups is 1. The van der Waals surface area contributed by atoms with Crippen molar-refractivity contribution in [2.24, 2.45) is 0 Å². The third-order valence-electron chi connectivity index (χ3n) is 4.25. The van der Waals surface area contributed by atoms with Gasteiger partial charge in [0.1, 0.15) is 5.75 Å². The number of carbonyl (C=O) groups excluding carboxylic acids is 1. The Morgan fingerprint density at radius 3 is 2.24 bits per heavy atom. The third-order valence-corrected chi connectivity index (χ3v) is 4.25. The summed E-state index contributed by atoms with van der Waals surface area (Å²) in [6.45, 7) is 12.6. The fourth-order valence-electron chi connectivity index (χ4n) is 3.05. The van der Waals surface area contributed by atoms with Crippen LogP contribution >= 0.6 is 0 Å². The molecule has 0 N–H and O–H groups in total. The average Bonchev–Trinajstić information content (AvgIpc) is 2.52. The van der Waals surface area contributed by atoms with Crippen LogP contribution in [-0.4, -0.2) is 40.9 Å². The molecule has 1 aromatic heterocycles. The van der Waals surface area contributed by atoms with E-state index in [1.807, 2.05) is 13.0 Å². The quantitative estimate of drug-likeness (QED) is 0.653. The first-order valence-electron chi connectivity index (χ1n) is 7.97. The SMILES string of the molecule is CCOc1cncc(C(=O)C(CC)(CC)N(CC)CC)c1. The highest BCUT2D eigenvalue weighted by Gasteiger charge is 2.40. The lowest BCUT2D eigenvalue weighted by Crippen LogP contribution is -2.53. The molecule has 0 aliphatic heterocycles. The molecular weight excluding hydrogens is 264 g/mol. The van der Waals surface area contributed by atoms with E-state index in [0.717, 1.165) is 25.9 Å². The molecule has 0 aromatic carbocycles. The fraction of sp³-hybridized carbons (Fsp3) is 0.647. The van der Waals surface area contributed by atoms with Crippen LogP contribution in [0.25, 0.3) is 0 Å². The number of likely N-dealkylation sites (N-methyl/N-ethyl adjacent to an activating group) is 1. The van der Waals surface area contributed by atoms with Crippen molar-refractivity contribution in [2.75, 3.05) is 19.7 Å². The molecule has 0 aliphatic carbocycles. The van der Waals surface area contributed by atoms with E-state index in [-0.39, 0.29) is 5.78 Å². The molecule has 1 heterocycles. The summed E-state index contributed by atoms with van der Waals surface area (Å²) in [5, 5.41) is 0. The van der Waals surface area contributed by atoms with E-state index in [1.165, 1.54) is 0 Å². The van der Waals surface area contributed by atoms with E-state index in [2.05, 4.69) is 37.6 Å². The number of hydrogen-bond donors (Lipinski definition) is 0. The summed E-state index contributed by atoms with van der Waals surface area (Å²) in [7, 11) is 0. The lowest BCUT2D eigenvalue weighted by atomic mass is 9.83. The lowest BCUT2D eigenvalue weighted by molar-refractivity contribution is 0.0534. The van der Waals surface area contributed by atoms with Gasteiger partial charge in [-0.3, -0.25) is 14.7 Å². The molecule has 0 saturated heterocycles. The van der Waals surface area contributed by atoms with Crippen LogP contribution in [0.5, 0.6) is 5.75 Å². The van der Waals surface area contributed by atoms with Gasteiger partial charge in [0.05, 0.1) is 18.3 Å². The number of ether oxygens (including phenoxy) is 1. The summed E-state index contributed by atoms with van der Waals surface area (Å²) in [6.07, 6.45) is 4.89. The predicted octanol–water partition coefficient (Wildman–Crippen LogP) is 3.56.